The standard InChI is InChI=1S/C8H12N4O/c1-5(2)13-8-11-4-6(3-9)7(10)12-8/h3-5,9H,1-2H3,(H2,10,11,12). The Labute approximate surface area is 76.5 Å². The van der Waals surface area contributed by atoms with Crippen molar-refractivity contribution in [2.45, 2.75) is 20.0 Å². The van der Waals surface area contributed by atoms with E-state index in [1.54, 1.807) is 0 Å². The summed E-state index contributed by atoms with van der Waals surface area (Å²) in [4.78, 5) is 7.76. The predicted molar refractivity (Wildman–Crippen MR) is 50.1 cm³/mol. The van der Waals surface area contributed by atoms with Crippen molar-refractivity contribution in [2.75, 3.05) is 5.73 Å². The van der Waals surface area contributed by atoms with E-state index >= 15 is 0 Å². The van der Waals surface area contributed by atoms with Gasteiger partial charge in [0.1, 0.15) is 5.82 Å². The summed E-state index contributed by atoms with van der Waals surface area (Å²) in [6.45, 7) is 3.76. The first kappa shape index (κ1) is 9.44. The molecular weight excluding hydrogens is 168 g/mol. The van der Waals surface area contributed by atoms with E-state index in [9.17, 15) is 0 Å². The van der Waals surface area contributed by atoms with Crippen LogP contribution < -0.4 is 10.5 Å². The highest BCUT2D eigenvalue weighted by molar-refractivity contribution is 5.82. The molecule has 0 aliphatic rings. The average Bonchev–Trinajstić information content (AvgIpc) is 2.03. The van der Waals surface area contributed by atoms with Gasteiger partial charge in [-0.1, -0.05) is 0 Å². The molecular formula is C8H12N4O. The largest absolute Gasteiger partial charge is 0.461 e. The Bertz CT molecular complexity index is 311. The van der Waals surface area contributed by atoms with Crippen molar-refractivity contribution < 1.29 is 4.74 Å². The molecule has 0 atom stereocenters. The number of ether oxygens (including phenoxy) is 1. The van der Waals surface area contributed by atoms with Crippen LogP contribution in [0.2, 0.25) is 0 Å². The van der Waals surface area contributed by atoms with Crippen LogP contribution >= 0.6 is 0 Å². The van der Waals surface area contributed by atoms with Crippen molar-refractivity contribution in [3.63, 3.8) is 0 Å². The van der Waals surface area contributed by atoms with Crippen LogP contribution in [0.25, 0.3) is 0 Å². The van der Waals surface area contributed by atoms with Crippen molar-refractivity contribution in [2.24, 2.45) is 0 Å². The van der Waals surface area contributed by atoms with Crippen molar-refractivity contribution in [3.05, 3.63) is 11.8 Å². The number of hydrogen-bond acceptors (Lipinski definition) is 5. The summed E-state index contributed by atoms with van der Waals surface area (Å²) in [6, 6.07) is 0.248. The molecule has 0 saturated heterocycles. The molecule has 0 spiro atoms. The van der Waals surface area contributed by atoms with E-state index in [0.29, 0.717) is 5.56 Å². The molecule has 0 fully saturated rings. The number of nitrogen functional groups attached to an aromatic ring is 1. The van der Waals surface area contributed by atoms with Gasteiger partial charge >= 0.3 is 6.01 Å². The fourth-order valence-electron chi connectivity index (χ4n) is 0.766. The molecule has 13 heavy (non-hydrogen) atoms. The normalized spacial score (nSPS) is 10.1. The van der Waals surface area contributed by atoms with Gasteiger partial charge in [0, 0.05) is 12.4 Å². The zero-order valence-electron chi connectivity index (χ0n) is 7.61. The van der Waals surface area contributed by atoms with Gasteiger partial charge in [-0.2, -0.15) is 4.98 Å². The molecule has 1 aromatic rings. The maximum absolute atomic E-state index is 6.97. The number of rotatable bonds is 3. The fourth-order valence-corrected chi connectivity index (χ4v) is 0.766. The first-order valence-electron chi connectivity index (χ1n) is 3.93. The monoisotopic (exact) mass is 180 g/mol. The third-order valence-electron chi connectivity index (χ3n) is 1.32. The minimum Gasteiger partial charge on any atom is -0.461 e. The van der Waals surface area contributed by atoms with Gasteiger partial charge in [-0.15, -0.1) is 0 Å². The van der Waals surface area contributed by atoms with Crippen LogP contribution in [-0.4, -0.2) is 22.3 Å². The molecule has 0 aliphatic heterocycles. The van der Waals surface area contributed by atoms with Gasteiger partial charge in [0.25, 0.3) is 0 Å². The maximum atomic E-state index is 6.97. The van der Waals surface area contributed by atoms with Crippen LogP contribution in [0.1, 0.15) is 19.4 Å². The summed E-state index contributed by atoms with van der Waals surface area (Å²) < 4.78 is 5.22. The van der Waals surface area contributed by atoms with Gasteiger partial charge < -0.3 is 15.9 Å². The molecule has 0 bridgehead atoms. The quantitative estimate of drug-likeness (QED) is 0.675. The summed E-state index contributed by atoms with van der Waals surface area (Å²) in [5.41, 5.74) is 6.02. The number of nitrogens with zero attached hydrogens (tertiary/aromatic N) is 2. The van der Waals surface area contributed by atoms with Gasteiger partial charge in [-0.3, -0.25) is 0 Å². The Hall–Kier alpha value is -1.65. The molecule has 0 unspecified atom stereocenters. The molecule has 70 valence electrons. The Kier molecular flexibility index (Phi) is 2.79. The number of nitrogens with two attached hydrogens (primary N) is 1. The molecule has 0 saturated carbocycles. The summed E-state index contributed by atoms with van der Waals surface area (Å²) in [5.74, 6) is 0.264. The van der Waals surface area contributed by atoms with Crippen molar-refractivity contribution in [1.29, 1.82) is 5.41 Å². The van der Waals surface area contributed by atoms with Gasteiger partial charge in [0.2, 0.25) is 0 Å². The van der Waals surface area contributed by atoms with Gasteiger partial charge in [0.15, 0.2) is 0 Å². The van der Waals surface area contributed by atoms with Gasteiger partial charge in [0.05, 0.1) is 11.7 Å². The van der Waals surface area contributed by atoms with Crippen molar-refractivity contribution in [3.8, 4) is 6.01 Å². The summed E-state index contributed by atoms with van der Waals surface area (Å²) >= 11 is 0. The van der Waals surface area contributed by atoms with Crippen LogP contribution in [-0.2, 0) is 0 Å². The summed E-state index contributed by atoms with van der Waals surface area (Å²) in [5, 5.41) is 6.97. The lowest BCUT2D eigenvalue weighted by Gasteiger charge is -2.07. The van der Waals surface area contributed by atoms with E-state index < -0.39 is 0 Å². The van der Waals surface area contributed by atoms with Crippen LogP contribution in [0.3, 0.4) is 0 Å². The summed E-state index contributed by atoms with van der Waals surface area (Å²) in [7, 11) is 0. The molecule has 1 rings (SSSR count). The third kappa shape index (κ3) is 2.40. The zero-order valence-corrected chi connectivity index (χ0v) is 7.61. The number of aromatic nitrogens is 2. The van der Waals surface area contributed by atoms with E-state index in [2.05, 4.69) is 9.97 Å². The SMILES string of the molecule is CC(C)Oc1ncc(C=N)c(N)n1. The molecule has 0 amide bonds. The molecule has 5 nitrogen and oxygen atoms in total. The molecule has 1 heterocycles. The zero-order chi connectivity index (χ0) is 9.84. The summed E-state index contributed by atoms with van der Waals surface area (Å²) in [6.07, 6.45) is 2.59. The number of hydrogen-bond donors (Lipinski definition) is 2. The van der Waals surface area contributed by atoms with Gasteiger partial charge in [-0.25, -0.2) is 4.98 Å². The molecule has 3 N–H and O–H groups in total. The Balaban J connectivity index is 2.89. The maximum Gasteiger partial charge on any atom is 0.318 e. The van der Waals surface area contributed by atoms with Crippen LogP contribution in [0.5, 0.6) is 6.01 Å². The smallest absolute Gasteiger partial charge is 0.318 e. The van der Waals surface area contributed by atoms with Crippen molar-refractivity contribution in [1.82, 2.24) is 9.97 Å². The lowest BCUT2D eigenvalue weighted by Crippen LogP contribution is -2.10. The molecule has 1 aromatic heterocycles. The lowest BCUT2D eigenvalue weighted by atomic mass is 10.3. The molecule has 5 heteroatoms. The Morgan fingerprint density at radius 2 is 2.31 bits per heavy atom. The molecule has 0 aliphatic carbocycles. The topological polar surface area (TPSA) is 84.9 Å². The minimum atomic E-state index is 0.0187. The highest BCUT2D eigenvalue weighted by Crippen LogP contribution is 2.10. The molecule has 0 aromatic carbocycles. The fraction of sp³-hybridized carbons (Fsp3) is 0.375. The van der Waals surface area contributed by atoms with E-state index in [0.717, 1.165) is 6.21 Å². The average molecular weight is 180 g/mol. The highest BCUT2D eigenvalue weighted by Gasteiger charge is 2.03. The first-order valence-corrected chi connectivity index (χ1v) is 3.93. The van der Waals surface area contributed by atoms with Crippen LogP contribution in [0, 0.1) is 5.41 Å². The second kappa shape index (κ2) is 3.84. The molecule has 0 radical (unpaired) electrons. The van der Waals surface area contributed by atoms with Crippen LogP contribution in [0.4, 0.5) is 5.82 Å². The second-order valence-corrected chi connectivity index (χ2v) is 2.80. The second-order valence-electron chi connectivity index (χ2n) is 2.80. The van der Waals surface area contributed by atoms with E-state index in [-0.39, 0.29) is 17.9 Å². The Morgan fingerprint density at radius 1 is 1.62 bits per heavy atom. The lowest BCUT2D eigenvalue weighted by molar-refractivity contribution is 0.222. The van der Waals surface area contributed by atoms with E-state index in [4.69, 9.17) is 15.9 Å². The first-order chi connectivity index (χ1) is 6.13. The van der Waals surface area contributed by atoms with E-state index in [1.807, 2.05) is 13.8 Å². The highest BCUT2D eigenvalue weighted by atomic mass is 16.5. The van der Waals surface area contributed by atoms with Gasteiger partial charge in [-0.05, 0) is 13.8 Å². The van der Waals surface area contributed by atoms with Crippen molar-refractivity contribution >= 4 is 12.0 Å². The number of nitrogens with one attached hydrogen (secondary N) is 1. The Morgan fingerprint density at radius 3 is 2.77 bits per heavy atom. The third-order valence-corrected chi connectivity index (χ3v) is 1.32. The number of anilines is 1. The van der Waals surface area contributed by atoms with E-state index in [1.165, 1.54) is 6.20 Å². The predicted octanol–water partition coefficient (Wildman–Crippen LogP) is 0.844. The van der Waals surface area contributed by atoms with Crippen LogP contribution in [0.15, 0.2) is 6.20 Å². The minimum absolute atomic E-state index is 0.0187.